The average molecular weight is 501 g/mol. The van der Waals surface area contributed by atoms with Gasteiger partial charge in [0.2, 0.25) is 0 Å². The molecule has 1 aliphatic rings. The Hall–Kier alpha value is -4.05. The van der Waals surface area contributed by atoms with Gasteiger partial charge in [0.1, 0.15) is 5.76 Å². The summed E-state index contributed by atoms with van der Waals surface area (Å²) in [6.45, 7) is 0. The quantitative estimate of drug-likeness (QED) is 0.388. The van der Waals surface area contributed by atoms with Crippen LogP contribution in [-0.4, -0.2) is 21.6 Å². The van der Waals surface area contributed by atoms with Gasteiger partial charge in [0.15, 0.2) is 5.69 Å². The van der Waals surface area contributed by atoms with E-state index in [4.69, 9.17) is 16.0 Å². The molecule has 4 aromatic rings. The molecule has 178 valence electrons. The van der Waals surface area contributed by atoms with Crippen LogP contribution >= 0.6 is 11.6 Å². The molecule has 2 heterocycles. The van der Waals surface area contributed by atoms with Crippen LogP contribution in [0.25, 0.3) is 16.9 Å². The van der Waals surface area contributed by atoms with Crippen LogP contribution in [0.15, 0.2) is 65.3 Å². The number of hydrogen-bond donors (Lipinski definition) is 2. The largest absolute Gasteiger partial charge is 0.469 e. The van der Waals surface area contributed by atoms with E-state index in [1.807, 2.05) is 0 Å². The Labute approximate surface area is 201 Å². The fourth-order valence-corrected chi connectivity index (χ4v) is 4.10. The minimum Gasteiger partial charge on any atom is -0.469 e. The summed E-state index contributed by atoms with van der Waals surface area (Å²) in [5.41, 5.74) is 5.47. The van der Waals surface area contributed by atoms with Gasteiger partial charge in [-0.05, 0) is 61.0 Å². The monoisotopic (exact) mass is 500 g/mol. The normalized spacial score (nSPS) is 12.6. The zero-order chi connectivity index (χ0) is 24.7. The SMILES string of the molecule is O=C(NNC(=O)c1ccc(-n2nc(C(F)(F)F)c3c2-c2ccoc2CC3)cc1)c1ccc(Cl)cc1. The molecule has 0 aliphatic heterocycles. The third-order valence-corrected chi connectivity index (χ3v) is 5.88. The lowest BCUT2D eigenvalue weighted by Crippen LogP contribution is -2.41. The van der Waals surface area contributed by atoms with Crippen molar-refractivity contribution in [1.82, 2.24) is 20.6 Å². The second-order valence-corrected chi connectivity index (χ2v) is 8.24. The molecular weight excluding hydrogens is 485 g/mol. The number of aromatic nitrogens is 2. The number of hydrogen-bond acceptors (Lipinski definition) is 4. The fourth-order valence-electron chi connectivity index (χ4n) is 3.98. The van der Waals surface area contributed by atoms with Crippen molar-refractivity contribution >= 4 is 23.4 Å². The van der Waals surface area contributed by atoms with E-state index >= 15 is 0 Å². The first kappa shape index (κ1) is 22.7. The molecule has 35 heavy (non-hydrogen) atoms. The topological polar surface area (TPSA) is 89.2 Å². The lowest BCUT2D eigenvalue weighted by molar-refractivity contribution is -0.142. The summed E-state index contributed by atoms with van der Waals surface area (Å²) in [5, 5.41) is 4.34. The lowest BCUT2D eigenvalue weighted by atomic mass is 9.94. The number of halogens is 4. The molecule has 1 aliphatic carbocycles. The standard InChI is InChI=1S/C24H16ClF3N4O3/c25-15-5-1-13(2-6-15)22(33)29-30-23(34)14-3-7-16(8-4-14)32-20-17-11-12-35-19(17)10-9-18(20)21(31-32)24(26,27)28/h1-8,11-12H,9-10H2,(H,29,33)(H,30,34). The smallest absolute Gasteiger partial charge is 0.435 e. The van der Waals surface area contributed by atoms with Crippen LogP contribution in [-0.2, 0) is 19.0 Å². The van der Waals surface area contributed by atoms with E-state index in [1.165, 1.54) is 47.3 Å². The minimum atomic E-state index is -4.61. The molecule has 2 N–H and O–H groups in total. The van der Waals surface area contributed by atoms with Gasteiger partial charge in [-0.2, -0.15) is 18.3 Å². The number of benzene rings is 2. The van der Waals surface area contributed by atoms with Gasteiger partial charge in [-0.1, -0.05) is 11.6 Å². The van der Waals surface area contributed by atoms with Gasteiger partial charge in [-0.15, -0.1) is 0 Å². The van der Waals surface area contributed by atoms with E-state index in [0.29, 0.717) is 39.7 Å². The number of carbonyl (C=O) groups is 2. The summed E-state index contributed by atoms with van der Waals surface area (Å²) in [4.78, 5) is 24.6. The van der Waals surface area contributed by atoms with E-state index in [9.17, 15) is 22.8 Å². The van der Waals surface area contributed by atoms with Gasteiger partial charge in [-0.3, -0.25) is 20.4 Å². The molecule has 7 nitrogen and oxygen atoms in total. The zero-order valence-electron chi connectivity index (χ0n) is 17.8. The van der Waals surface area contributed by atoms with Crippen LogP contribution in [0, 0.1) is 0 Å². The molecule has 5 rings (SSSR count). The van der Waals surface area contributed by atoms with Crippen LogP contribution in [0.4, 0.5) is 13.2 Å². The van der Waals surface area contributed by atoms with Gasteiger partial charge >= 0.3 is 6.18 Å². The molecule has 0 saturated heterocycles. The minimum absolute atomic E-state index is 0.109. The van der Waals surface area contributed by atoms with Crippen molar-refractivity contribution in [2.75, 3.05) is 0 Å². The first-order valence-electron chi connectivity index (χ1n) is 10.4. The number of nitrogens with zero attached hydrogens (tertiary/aromatic N) is 2. The molecule has 0 unspecified atom stereocenters. The summed E-state index contributed by atoms with van der Waals surface area (Å²) in [5.74, 6) is -0.542. The van der Waals surface area contributed by atoms with E-state index in [1.54, 1.807) is 18.2 Å². The van der Waals surface area contributed by atoms with Crippen molar-refractivity contribution in [3.63, 3.8) is 0 Å². The summed E-state index contributed by atoms with van der Waals surface area (Å²) in [6, 6.07) is 13.5. The van der Waals surface area contributed by atoms with Crippen molar-refractivity contribution < 1.29 is 27.2 Å². The van der Waals surface area contributed by atoms with Gasteiger partial charge in [-0.25, -0.2) is 4.68 Å². The van der Waals surface area contributed by atoms with E-state index in [0.717, 1.165) is 0 Å². The number of rotatable bonds is 3. The first-order valence-corrected chi connectivity index (χ1v) is 10.8. The summed E-state index contributed by atoms with van der Waals surface area (Å²) < 4.78 is 47.7. The zero-order valence-corrected chi connectivity index (χ0v) is 18.6. The predicted molar refractivity (Wildman–Crippen MR) is 120 cm³/mol. The Morgan fingerprint density at radius 2 is 1.51 bits per heavy atom. The number of amides is 2. The third kappa shape index (κ3) is 4.28. The molecule has 0 spiro atoms. The van der Waals surface area contributed by atoms with E-state index in [2.05, 4.69) is 16.0 Å². The van der Waals surface area contributed by atoms with E-state index in [-0.39, 0.29) is 17.5 Å². The molecule has 2 amide bonds. The van der Waals surface area contributed by atoms with Crippen LogP contribution in [0.5, 0.6) is 0 Å². The summed E-state index contributed by atoms with van der Waals surface area (Å²) in [7, 11) is 0. The molecule has 2 aromatic heterocycles. The number of alkyl halides is 3. The molecule has 0 fully saturated rings. The highest BCUT2D eigenvalue weighted by Crippen LogP contribution is 2.42. The maximum absolute atomic E-state index is 13.7. The second kappa shape index (κ2) is 8.62. The van der Waals surface area contributed by atoms with Crippen molar-refractivity contribution in [1.29, 1.82) is 0 Å². The Morgan fingerprint density at radius 3 is 2.11 bits per heavy atom. The maximum atomic E-state index is 13.7. The number of fused-ring (bicyclic) bond motifs is 3. The van der Waals surface area contributed by atoms with Gasteiger partial charge in [0.25, 0.3) is 11.8 Å². The predicted octanol–water partition coefficient (Wildman–Crippen LogP) is 4.98. The maximum Gasteiger partial charge on any atom is 0.435 e. The third-order valence-electron chi connectivity index (χ3n) is 5.62. The molecule has 2 aromatic carbocycles. The fraction of sp³-hybridized carbons (Fsp3) is 0.125. The van der Waals surface area contributed by atoms with E-state index < -0.39 is 23.7 Å². The molecule has 0 saturated carbocycles. The lowest BCUT2D eigenvalue weighted by Gasteiger charge is -2.15. The van der Waals surface area contributed by atoms with Crippen LogP contribution < -0.4 is 10.9 Å². The highest BCUT2D eigenvalue weighted by atomic mass is 35.5. The summed E-state index contributed by atoms with van der Waals surface area (Å²) in [6.07, 6.45) is -2.67. The van der Waals surface area contributed by atoms with Crippen LogP contribution in [0.2, 0.25) is 5.02 Å². The number of hydrazine groups is 1. The Balaban J connectivity index is 1.38. The highest BCUT2D eigenvalue weighted by Gasteiger charge is 2.41. The number of nitrogens with one attached hydrogen (secondary N) is 2. The van der Waals surface area contributed by atoms with Gasteiger partial charge in [0, 0.05) is 33.7 Å². The highest BCUT2D eigenvalue weighted by molar-refractivity contribution is 6.30. The second-order valence-electron chi connectivity index (χ2n) is 7.80. The molecular formula is C24H16ClF3N4O3. The van der Waals surface area contributed by atoms with Gasteiger partial charge in [0.05, 0.1) is 17.6 Å². The van der Waals surface area contributed by atoms with Crippen molar-refractivity contribution in [2.24, 2.45) is 0 Å². The van der Waals surface area contributed by atoms with Gasteiger partial charge < -0.3 is 4.42 Å². The van der Waals surface area contributed by atoms with Crippen molar-refractivity contribution in [2.45, 2.75) is 19.0 Å². The molecule has 0 atom stereocenters. The Bertz CT molecular complexity index is 1420. The molecule has 0 radical (unpaired) electrons. The van der Waals surface area contributed by atoms with Crippen LogP contribution in [0.3, 0.4) is 0 Å². The number of furan rings is 1. The molecule has 11 heteroatoms. The van der Waals surface area contributed by atoms with Crippen molar-refractivity contribution in [3.8, 4) is 16.9 Å². The number of carbonyl (C=O) groups excluding carboxylic acids is 2. The van der Waals surface area contributed by atoms with Crippen LogP contribution in [0.1, 0.15) is 37.7 Å². The molecule has 0 bridgehead atoms. The first-order chi connectivity index (χ1) is 16.7. The average Bonchev–Trinajstić information content (AvgIpc) is 3.47. The summed E-state index contributed by atoms with van der Waals surface area (Å²) >= 11 is 5.79. The Morgan fingerprint density at radius 1 is 0.914 bits per heavy atom. The Kier molecular flexibility index (Phi) is 5.60. The van der Waals surface area contributed by atoms with Crippen molar-refractivity contribution in [3.05, 3.63) is 94.0 Å². The number of aryl methyl sites for hydroxylation is 1.